The van der Waals surface area contributed by atoms with Gasteiger partial charge in [0.2, 0.25) is 0 Å². The Kier molecular flexibility index (Phi) is 2.93. The zero-order valence-corrected chi connectivity index (χ0v) is 9.95. The molecule has 0 bridgehead atoms. The van der Waals surface area contributed by atoms with Gasteiger partial charge in [0, 0.05) is 19.1 Å². The third-order valence-corrected chi connectivity index (χ3v) is 2.50. The van der Waals surface area contributed by atoms with E-state index < -0.39 is 4.92 Å². The van der Waals surface area contributed by atoms with Crippen LogP contribution in [0.3, 0.4) is 0 Å². The maximum absolute atomic E-state index is 11.5. The molecule has 1 heterocycles. The third kappa shape index (κ3) is 2.13. The van der Waals surface area contributed by atoms with Crippen LogP contribution in [-0.4, -0.2) is 20.5 Å². The van der Waals surface area contributed by atoms with Gasteiger partial charge in [-0.3, -0.25) is 14.9 Å². The minimum atomic E-state index is -0.468. The lowest BCUT2D eigenvalue weighted by Crippen LogP contribution is -2.05. The molecule has 0 aliphatic heterocycles. The summed E-state index contributed by atoms with van der Waals surface area (Å²) in [7, 11) is 0. The topological polar surface area (TPSA) is 78.0 Å². The van der Waals surface area contributed by atoms with Crippen LogP contribution in [0.25, 0.3) is 5.69 Å². The molecule has 0 fully saturated rings. The first kappa shape index (κ1) is 12.0. The number of benzene rings is 1. The smallest absolute Gasteiger partial charge is 0.269 e. The van der Waals surface area contributed by atoms with Crippen molar-refractivity contribution in [1.82, 2.24) is 9.78 Å². The summed E-state index contributed by atoms with van der Waals surface area (Å²) in [6, 6.07) is 7.59. The highest BCUT2D eigenvalue weighted by Crippen LogP contribution is 2.17. The van der Waals surface area contributed by atoms with Gasteiger partial charge in [0.1, 0.15) is 5.69 Å². The summed E-state index contributed by atoms with van der Waals surface area (Å²) in [5.74, 6) is -0.103. The Bertz CT molecular complexity index is 614. The number of Topliss-reactive ketones (excluding diaryl/α,β-unsaturated/α-hetero) is 1. The number of rotatable bonds is 3. The second-order valence-corrected chi connectivity index (χ2v) is 3.91. The standard InChI is InChI=1S/C12H11N3O3/c1-8-7-12(9(2)16)14(13-8)10-3-5-11(6-4-10)15(17)18/h3-7H,1-2H3. The van der Waals surface area contributed by atoms with Crippen LogP contribution in [0.4, 0.5) is 5.69 Å². The van der Waals surface area contributed by atoms with Crippen molar-refractivity contribution in [3.05, 3.63) is 51.8 Å². The monoisotopic (exact) mass is 245 g/mol. The van der Waals surface area contributed by atoms with E-state index in [4.69, 9.17) is 0 Å². The maximum atomic E-state index is 11.5. The number of non-ortho nitro benzene ring substituents is 1. The van der Waals surface area contributed by atoms with Crippen LogP contribution in [0, 0.1) is 17.0 Å². The molecule has 0 saturated heterocycles. The van der Waals surface area contributed by atoms with Crippen molar-refractivity contribution in [3.8, 4) is 5.69 Å². The molecule has 6 nitrogen and oxygen atoms in total. The van der Waals surface area contributed by atoms with Gasteiger partial charge in [-0.25, -0.2) is 4.68 Å². The lowest BCUT2D eigenvalue weighted by atomic mass is 10.2. The van der Waals surface area contributed by atoms with E-state index in [0.29, 0.717) is 11.4 Å². The van der Waals surface area contributed by atoms with Crippen LogP contribution in [0.2, 0.25) is 0 Å². The zero-order valence-electron chi connectivity index (χ0n) is 9.95. The summed E-state index contributed by atoms with van der Waals surface area (Å²) in [4.78, 5) is 21.5. The van der Waals surface area contributed by atoms with E-state index in [0.717, 1.165) is 5.69 Å². The van der Waals surface area contributed by atoms with Crippen LogP contribution < -0.4 is 0 Å². The van der Waals surface area contributed by atoms with Crippen molar-refractivity contribution in [1.29, 1.82) is 0 Å². The Morgan fingerprint density at radius 1 is 1.33 bits per heavy atom. The summed E-state index contributed by atoms with van der Waals surface area (Å²) in [5, 5.41) is 14.8. The summed E-state index contributed by atoms with van der Waals surface area (Å²) in [6.45, 7) is 3.24. The molecule has 0 saturated carbocycles. The number of carbonyl (C=O) groups excluding carboxylic acids is 1. The Hall–Kier alpha value is -2.50. The van der Waals surface area contributed by atoms with Crippen molar-refractivity contribution >= 4 is 11.5 Å². The second-order valence-electron chi connectivity index (χ2n) is 3.91. The number of nitrogens with zero attached hydrogens (tertiary/aromatic N) is 3. The third-order valence-electron chi connectivity index (χ3n) is 2.50. The molecule has 0 amide bonds. The first-order valence-electron chi connectivity index (χ1n) is 5.31. The molecule has 0 unspecified atom stereocenters. The first-order chi connectivity index (χ1) is 8.49. The van der Waals surface area contributed by atoms with E-state index in [9.17, 15) is 14.9 Å². The molecule has 0 radical (unpaired) electrons. The molecule has 0 aliphatic rings. The molecule has 18 heavy (non-hydrogen) atoms. The summed E-state index contributed by atoms with van der Waals surface area (Å²) in [5.41, 5.74) is 1.81. The molecular formula is C12H11N3O3. The predicted molar refractivity (Wildman–Crippen MR) is 65.0 cm³/mol. The molecule has 0 spiro atoms. The molecule has 0 aliphatic carbocycles. The Morgan fingerprint density at radius 3 is 2.44 bits per heavy atom. The van der Waals surface area contributed by atoms with Crippen LogP contribution in [0.1, 0.15) is 23.1 Å². The van der Waals surface area contributed by atoms with Crippen molar-refractivity contribution < 1.29 is 9.72 Å². The number of nitro benzene ring substituents is 1. The van der Waals surface area contributed by atoms with E-state index in [1.165, 1.54) is 23.7 Å². The van der Waals surface area contributed by atoms with E-state index in [1.54, 1.807) is 25.1 Å². The Morgan fingerprint density at radius 2 is 1.94 bits per heavy atom. The van der Waals surface area contributed by atoms with Crippen LogP contribution in [0.5, 0.6) is 0 Å². The first-order valence-corrected chi connectivity index (χ1v) is 5.31. The van der Waals surface area contributed by atoms with Crippen molar-refractivity contribution in [2.45, 2.75) is 13.8 Å². The van der Waals surface area contributed by atoms with Crippen molar-refractivity contribution in [3.63, 3.8) is 0 Å². The Labute approximate surface area is 103 Å². The van der Waals surface area contributed by atoms with E-state index in [1.807, 2.05) is 0 Å². The largest absolute Gasteiger partial charge is 0.293 e. The van der Waals surface area contributed by atoms with Gasteiger partial charge in [0.15, 0.2) is 5.78 Å². The van der Waals surface area contributed by atoms with Gasteiger partial charge in [-0.1, -0.05) is 0 Å². The van der Waals surface area contributed by atoms with Gasteiger partial charge in [0.25, 0.3) is 5.69 Å². The van der Waals surface area contributed by atoms with Crippen LogP contribution in [-0.2, 0) is 0 Å². The van der Waals surface area contributed by atoms with Crippen molar-refractivity contribution in [2.75, 3.05) is 0 Å². The fourth-order valence-corrected chi connectivity index (χ4v) is 1.66. The second kappa shape index (κ2) is 4.40. The lowest BCUT2D eigenvalue weighted by molar-refractivity contribution is -0.384. The summed E-state index contributed by atoms with van der Waals surface area (Å²) >= 11 is 0. The average molecular weight is 245 g/mol. The molecule has 0 N–H and O–H groups in total. The highest BCUT2D eigenvalue weighted by atomic mass is 16.6. The SMILES string of the molecule is CC(=O)c1cc(C)nn1-c1ccc([N+](=O)[O-])cc1. The number of carbonyl (C=O) groups is 1. The minimum Gasteiger partial charge on any atom is -0.293 e. The quantitative estimate of drug-likeness (QED) is 0.472. The number of hydrogen-bond acceptors (Lipinski definition) is 4. The van der Waals surface area contributed by atoms with Crippen molar-refractivity contribution in [2.24, 2.45) is 0 Å². The maximum Gasteiger partial charge on any atom is 0.269 e. The van der Waals surface area contributed by atoms with E-state index >= 15 is 0 Å². The van der Waals surface area contributed by atoms with E-state index in [2.05, 4.69) is 5.10 Å². The molecule has 0 atom stereocenters. The molecule has 6 heteroatoms. The minimum absolute atomic E-state index is 0.00648. The zero-order chi connectivity index (χ0) is 13.3. The summed E-state index contributed by atoms with van der Waals surface area (Å²) in [6.07, 6.45) is 0. The van der Waals surface area contributed by atoms with Gasteiger partial charge >= 0.3 is 0 Å². The molecule has 2 rings (SSSR count). The van der Waals surface area contributed by atoms with Gasteiger partial charge in [-0.2, -0.15) is 5.10 Å². The fraction of sp³-hybridized carbons (Fsp3) is 0.167. The van der Waals surface area contributed by atoms with Gasteiger partial charge in [-0.05, 0) is 25.1 Å². The number of nitro groups is 1. The highest BCUT2D eigenvalue weighted by molar-refractivity contribution is 5.93. The molecule has 1 aromatic heterocycles. The fourth-order valence-electron chi connectivity index (χ4n) is 1.66. The lowest BCUT2D eigenvalue weighted by Gasteiger charge is -2.04. The van der Waals surface area contributed by atoms with Crippen LogP contribution in [0.15, 0.2) is 30.3 Å². The molecular weight excluding hydrogens is 234 g/mol. The average Bonchev–Trinajstić information content (AvgIpc) is 2.71. The number of aromatic nitrogens is 2. The summed E-state index contributed by atoms with van der Waals surface area (Å²) < 4.78 is 1.49. The predicted octanol–water partition coefficient (Wildman–Crippen LogP) is 2.29. The number of hydrogen-bond donors (Lipinski definition) is 0. The van der Waals surface area contributed by atoms with Gasteiger partial charge < -0.3 is 0 Å². The Balaban J connectivity index is 2.48. The molecule has 2 aromatic rings. The van der Waals surface area contributed by atoms with E-state index in [-0.39, 0.29) is 11.5 Å². The number of aryl methyl sites for hydroxylation is 1. The molecule has 92 valence electrons. The van der Waals surface area contributed by atoms with Gasteiger partial charge in [0.05, 0.1) is 16.3 Å². The normalized spacial score (nSPS) is 10.3. The number of ketones is 1. The van der Waals surface area contributed by atoms with Crippen LogP contribution >= 0.6 is 0 Å². The van der Waals surface area contributed by atoms with Gasteiger partial charge in [-0.15, -0.1) is 0 Å². The highest BCUT2D eigenvalue weighted by Gasteiger charge is 2.12. The molecule has 1 aromatic carbocycles.